The molecule has 1 saturated heterocycles. The van der Waals surface area contributed by atoms with Crippen molar-refractivity contribution >= 4 is 32.5 Å². The minimum atomic E-state index is -0.428. The zero-order valence-corrected chi connectivity index (χ0v) is 15.9. The third-order valence-corrected chi connectivity index (χ3v) is 6.56. The molecule has 0 unspecified atom stereocenters. The summed E-state index contributed by atoms with van der Waals surface area (Å²) in [6.45, 7) is 1.48. The van der Waals surface area contributed by atoms with Crippen LogP contribution in [0.1, 0.15) is 23.8 Å². The van der Waals surface area contributed by atoms with E-state index in [9.17, 15) is 5.11 Å². The second-order valence-corrected chi connectivity index (χ2v) is 8.24. The van der Waals surface area contributed by atoms with E-state index in [-0.39, 0.29) is 5.92 Å². The Morgan fingerprint density at radius 1 is 1.15 bits per heavy atom. The van der Waals surface area contributed by atoms with E-state index in [1.807, 2.05) is 17.9 Å². The summed E-state index contributed by atoms with van der Waals surface area (Å²) in [5.41, 5.74) is 3.14. The van der Waals surface area contributed by atoms with E-state index in [2.05, 4.69) is 41.5 Å². The third-order valence-electron chi connectivity index (χ3n) is 5.45. The lowest BCUT2D eigenvalue weighted by Crippen LogP contribution is -2.21. The van der Waals surface area contributed by atoms with Gasteiger partial charge in [0.1, 0.15) is 4.83 Å². The Labute approximate surface area is 161 Å². The van der Waals surface area contributed by atoms with Crippen LogP contribution in [0.4, 0.5) is 0 Å². The number of nitrogens with zero attached hydrogens (tertiary/aromatic N) is 3. The highest BCUT2D eigenvalue weighted by Crippen LogP contribution is 2.37. The number of aliphatic hydroxyl groups excluding tert-OH is 1. The van der Waals surface area contributed by atoms with Gasteiger partial charge in [0.2, 0.25) is 0 Å². The van der Waals surface area contributed by atoms with Gasteiger partial charge in [-0.2, -0.15) is 5.10 Å². The van der Waals surface area contributed by atoms with Gasteiger partial charge in [0, 0.05) is 41.5 Å². The zero-order valence-electron chi connectivity index (χ0n) is 15.1. The lowest BCUT2D eigenvalue weighted by molar-refractivity contribution is 0.00856. The molecule has 0 aliphatic carbocycles. The molecule has 4 heterocycles. The molecule has 1 aliphatic rings. The van der Waals surface area contributed by atoms with Crippen LogP contribution >= 0.6 is 11.3 Å². The molecule has 1 N–H and O–H groups in total. The summed E-state index contributed by atoms with van der Waals surface area (Å²) in [5.74, 6) is 0.277. The lowest BCUT2D eigenvalue weighted by Gasteiger charge is -2.25. The van der Waals surface area contributed by atoms with Crippen LogP contribution in [0.15, 0.2) is 42.6 Å². The van der Waals surface area contributed by atoms with Gasteiger partial charge in [0.15, 0.2) is 0 Å². The Hall–Kier alpha value is -2.28. The minimum absolute atomic E-state index is 0.277. The summed E-state index contributed by atoms with van der Waals surface area (Å²) in [7, 11) is 1.95. The van der Waals surface area contributed by atoms with Crippen molar-refractivity contribution in [1.82, 2.24) is 14.8 Å². The Bertz CT molecular complexity index is 1110. The van der Waals surface area contributed by atoms with Crippen LogP contribution in [0, 0.1) is 5.92 Å². The molecule has 6 heteroatoms. The number of hydrogen-bond acceptors (Lipinski definition) is 5. The number of hydrogen-bond donors (Lipinski definition) is 1. The summed E-state index contributed by atoms with van der Waals surface area (Å²) in [6, 6.07) is 12.5. The van der Waals surface area contributed by atoms with Crippen molar-refractivity contribution in [1.29, 1.82) is 0 Å². The molecular weight excluding hydrogens is 358 g/mol. The first-order valence-corrected chi connectivity index (χ1v) is 10.1. The number of ether oxygens (including phenoxy) is 1. The van der Waals surface area contributed by atoms with Crippen LogP contribution in [-0.4, -0.2) is 33.1 Å². The van der Waals surface area contributed by atoms with Gasteiger partial charge in [-0.15, -0.1) is 11.3 Å². The fourth-order valence-electron chi connectivity index (χ4n) is 3.83. The Morgan fingerprint density at radius 2 is 2.00 bits per heavy atom. The number of aromatic nitrogens is 3. The predicted octanol–water partition coefficient (Wildman–Crippen LogP) is 4.31. The second kappa shape index (κ2) is 6.71. The van der Waals surface area contributed by atoms with Crippen molar-refractivity contribution in [2.75, 3.05) is 13.2 Å². The molecule has 138 valence electrons. The average Bonchev–Trinajstić information content (AvgIpc) is 3.31. The maximum Gasteiger partial charge on any atom is 0.124 e. The van der Waals surface area contributed by atoms with Gasteiger partial charge >= 0.3 is 0 Å². The SMILES string of the molecule is Cn1ncc2cc(-c3ccc4cc([C@@H](O)C5CCOCC5)sc4n3)ccc21. The van der Waals surface area contributed by atoms with Crippen molar-refractivity contribution in [3.63, 3.8) is 0 Å². The number of aliphatic hydroxyl groups is 1. The van der Waals surface area contributed by atoms with Crippen LogP contribution in [0.5, 0.6) is 0 Å². The molecular formula is C21H21N3O2S. The van der Waals surface area contributed by atoms with Crippen LogP contribution in [-0.2, 0) is 11.8 Å². The maximum absolute atomic E-state index is 10.8. The summed E-state index contributed by atoms with van der Waals surface area (Å²) < 4.78 is 7.29. The zero-order chi connectivity index (χ0) is 18.4. The number of aryl methyl sites for hydroxylation is 1. The number of fused-ring (bicyclic) bond motifs is 2. The van der Waals surface area contributed by atoms with Crippen LogP contribution in [0.3, 0.4) is 0 Å². The topological polar surface area (TPSA) is 60.2 Å². The summed E-state index contributed by atoms with van der Waals surface area (Å²) in [5, 5.41) is 17.3. The van der Waals surface area contributed by atoms with Gasteiger partial charge < -0.3 is 9.84 Å². The second-order valence-electron chi connectivity index (χ2n) is 7.18. The Balaban J connectivity index is 1.49. The van der Waals surface area contributed by atoms with Crippen molar-refractivity contribution in [2.24, 2.45) is 13.0 Å². The van der Waals surface area contributed by atoms with Crippen molar-refractivity contribution in [3.05, 3.63) is 47.5 Å². The smallest absolute Gasteiger partial charge is 0.124 e. The van der Waals surface area contributed by atoms with Crippen molar-refractivity contribution in [3.8, 4) is 11.3 Å². The standard InChI is InChI=1S/C21H21N3O2S/c1-24-18-5-3-14(10-16(18)12-22-24)17-4-2-15-11-19(27-21(15)23-17)20(25)13-6-8-26-9-7-13/h2-5,10-13,20,25H,6-9H2,1H3/t20-/m0/s1. The highest BCUT2D eigenvalue weighted by atomic mass is 32.1. The number of benzene rings is 1. The van der Waals surface area contributed by atoms with Gasteiger partial charge in [-0.1, -0.05) is 6.07 Å². The molecule has 4 aromatic rings. The highest BCUT2D eigenvalue weighted by Gasteiger charge is 2.25. The van der Waals surface area contributed by atoms with Gasteiger partial charge in [0.25, 0.3) is 0 Å². The average molecular weight is 379 g/mol. The fraction of sp³-hybridized carbons (Fsp3) is 0.333. The lowest BCUT2D eigenvalue weighted by atomic mass is 9.93. The molecule has 0 saturated carbocycles. The molecule has 5 nitrogen and oxygen atoms in total. The third kappa shape index (κ3) is 3.04. The van der Waals surface area contributed by atoms with E-state index in [4.69, 9.17) is 9.72 Å². The number of thiophene rings is 1. The van der Waals surface area contributed by atoms with E-state index in [0.29, 0.717) is 0 Å². The monoisotopic (exact) mass is 379 g/mol. The highest BCUT2D eigenvalue weighted by molar-refractivity contribution is 7.18. The van der Waals surface area contributed by atoms with E-state index < -0.39 is 6.10 Å². The Kier molecular flexibility index (Phi) is 4.19. The molecule has 3 aromatic heterocycles. The van der Waals surface area contributed by atoms with E-state index in [0.717, 1.165) is 63.3 Å². The molecule has 1 aromatic carbocycles. The molecule has 0 amide bonds. The molecule has 0 bridgehead atoms. The normalized spacial score (nSPS) is 17.0. The van der Waals surface area contributed by atoms with Crippen LogP contribution in [0.2, 0.25) is 0 Å². The molecule has 27 heavy (non-hydrogen) atoms. The van der Waals surface area contributed by atoms with Crippen LogP contribution < -0.4 is 0 Å². The molecule has 0 spiro atoms. The Morgan fingerprint density at radius 3 is 2.85 bits per heavy atom. The summed E-state index contributed by atoms with van der Waals surface area (Å²) in [4.78, 5) is 6.84. The first kappa shape index (κ1) is 16.9. The van der Waals surface area contributed by atoms with Gasteiger partial charge in [-0.05, 0) is 49.1 Å². The van der Waals surface area contributed by atoms with E-state index >= 15 is 0 Å². The number of rotatable bonds is 3. The molecule has 0 radical (unpaired) electrons. The summed E-state index contributed by atoms with van der Waals surface area (Å²) >= 11 is 1.60. The van der Waals surface area contributed by atoms with E-state index in [1.165, 1.54) is 0 Å². The maximum atomic E-state index is 10.8. The molecule has 1 aliphatic heterocycles. The quantitative estimate of drug-likeness (QED) is 0.576. The van der Waals surface area contributed by atoms with Crippen molar-refractivity contribution < 1.29 is 9.84 Å². The predicted molar refractivity (Wildman–Crippen MR) is 108 cm³/mol. The fourth-order valence-corrected chi connectivity index (χ4v) is 4.94. The molecule has 5 rings (SSSR count). The first-order chi connectivity index (χ1) is 13.2. The first-order valence-electron chi connectivity index (χ1n) is 9.27. The van der Waals surface area contributed by atoms with Crippen LogP contribution in [0.25, 0.3) is 32.4 Å². The largest absolute Gasteiger partial charge is 0.387 e. The van der Waals surface area contributed by atoms with Gasteiger partial charge in [0.05, 0.1) is 23.5 Å². The van der Waals surface area contributed by atoms with Gasteiger partial charge in [-0.25, -0.2) is 4.98 Å². The molecule has 1 atom stereocenters. The summed E-state index contributed by atoms with van der Waals surface area (Å²) in [6.07, 6.45) is 3.28. The van der Waals surface area contributed by atoms with Crippen molar-refractivity contribution in [2.45, 2.75) is 18.9 Å². The van der Waals surface area contributed by atoms with E-state index in [1.54, 1.807) is 11.3 Å². The minimum Gasteiger partial charge on any atom is -0.387 e. The molecule has 1 fully saturated rings. The van der Waals surface area contributed by atoms with Gasteiger partial charge in [-0.3, -0.25) is 4.68 Å². The number of pyridine rings is 1.